The molecule has 5 nitrogen and oxygen atoms in total. The van der Waals surface area contributed by atoms with Crippen molar-refractivity contribution < 1.29 is 23.4 Å². The van der Waals surface area contributed by atoms with Crippen LogP contribution in [0.25, 0.3) is 0 Å². The van der Waals surface area contributed by atoms with Gasteiger partial charge in [0.05, 0.1) is 17.2 Å². The van der Waals surface area contributed by atoms with E-state index in [2.05, 4.69) is 140 Å². The quantitative estimate of drug-likeness (QED) is 0.172. The third-order valence-corrected chi connectivity index (χ3v) is 21.1. The van der Waals surface area contributed by atoms with E-state index in [9.17, 15) is 5.11 Å². The zero-order valence-electron chi connectivity index (χ0n) is 29.9. The van der Waals surface area contributed by atoms with Crippen LogP contribution in [0.3, 0.4) is 0 Å². The van der Waals surface area contributed by atoms with Crippen LogP contribution < -0.4 is 0 Å². The highest BCUT2D eigenvalue weighted by molar-refractivity contribution is 9.12. The number of hydrogen-bond donors (Lipinski definition) is 1. The molecule has 1 heterocycles. The molecule has 252 valence electrons. The van der Waals surface area contributed by atoms with Crippen molar-refractivity contribution in [3.63, 3.8) is 0 Å². The minimum atomic E-state index is -2.33. The van der Waals surface area contributed by atoms with Gasteiger partial charge in [-0.25, -0.2) is 0 Å². The van der Waals surface area contributed by atoms with Gasteiger partial charge in [-0.2, -0.15) is 0 Å². The molecule has 0 saturated carbocycles. The van der Waals surface area contributed by atoms with Crippen LogP contribution in [0.1, 0.15) is 90.4 Å². The van der Waals surface area contributed by atoms with E-state index in [0.717, 1.165) is 40.9 Å². The second-order valence-corrected chi connectivity index (χ2v) is 24.2. The summed E-state index contributed by atoms with van der Waals surface area (Å²) in [6.07, 6.45) is -0.125. The Kier molecular flexibility index (Phi) is 14.0. The van der Waals surface area contributed by atoms with Crippen LogP contribution in [0, 0.1) is 56.3 Å². The van der Waals surface area contributed by atoms with Crippen molar-refractivity contribution in [3.8, 4) is 35.5 Å². The fraction of sp³-hybridized carbons (Fsp3) is 0.632. The van der Waals surface area contributed by atoms with E-state index in [0.29, 0.717) is 22.0 Å². The second kappa shape index (κ2) is 16.6. The van der Waals surface area contributed by atoms with Crippen LogP contribution >= 0.6 is 15.9 Å². The van der Waals surface area contributed by atoms with Gasteiger partial charge in [-0.3, -0.25) is 0 Å². The van der Waals surface area contributed by atoms with Gasteiger partial charge in [0, 0.05) is 12.0 Å². The van der Waals surface area contributed by atoms with E-state index >= 15 is 0 Å². The average molecular weight is 728 g/mol. The summed E-state index contributed by atoms with van der Waals surface area (Å²) in [5.74, 6) is 19.0. The molecule has 0 aromatic heterocycles. The summed E-state index contributed by atoms with van der Waals surface area (Å²) in [5, 5.41) is 12.7. The summed E-state index contributed by atoms with van der Waals surface area (Å²) in [5.41, 5.74) is 3.32. The van der Waals surface area contributed by atoms with Crippen molar-refractivity contribution in [3.05, 3.63) is 44.9 Å². The molecule has 0 amide bonds. The van der Waals surface area contributed by atoms with Crippen LogP contribution in [-0.4, -0.2) is 52.3 Å². The van der Waals surface area contributed by atoms with Gasteiger partial charge in [-0.1, -0.05) is 96.8 Å². The van der Waals surface area contributed by atoms with E-state index < -0.39 is 40.7 Å². The van der Waals surface area contributed by atoms with E-state index in [1.165, 1.54) is 5.56 Å². The van der Waals surface area contributed by atoms with Gasteiger partial charge >= 0.3 is 0 Å². The van der Waals surface area contributed by atoms with Crippen molar-refractivity contribution in [2.24, 2.45) is 0 Å². The summed E-state index contributed by atoms with van der Waals surface area (Å²) in [4.78, 5) is 0. The van der Waals surface area contributed by atoms with Gasteiger partial charge in [0.1, 0.15) is 6.10 Å². The first kappa shape index (κ1) is 38.8. The van der Waals surface area contributed by atoms with Crippen LogP contribution in [0.4, 0.5) is 0 Å². The molecule has 0 spiro atoms. The first-order chi connectivity index (χ1) is 21.7. The Hall–Kier alpha value is -1.65. The summed E-state index contributed by atoms with van der Waals surface area (Å²) in [6.45, 7) is 24.1. The molecule has 1 fully saturated rings. The van der Waals surface area contributed by atoms with Crippen molar-refractivity contribution >= 4 is 32.6 Å². The summed E-state index contributed by atoms with van der Waals surface area (Å²) >= 11 is 3.70. The third-order valence-electron chi connectivity index (χ3n) is 10.2. The maximum atomic E-state index is 12.7. The number of hydrogen-bond acceptors (Lipinski definition) is 5. The zero-order chi connectivity index (χ0) is 34.3. The van der Waals surface area contributed by atoms with Gasteiger partial charge in [0.15, 0.2) is 34.6 Å². The van der Waals surface area contributed by atoms with Crippen LogP contribution in [-0.2, 0) is 18.3 Å². The molecule has 46 heavy (non-hydrogen) atoms. The number of benzene rings is 1. The molecule has 1 aromatic carbocycles. The molecule has 0 bridgehead atoms. The lowest BCUT2D eigenvalue weighted by Gasteiger charge is -2.41. The summed E-state index contributed by atoms with van der Waals surface area (Å²) in [7, 11) is -4.34. The Morgan fingerprint density at radius 3 is 2.04 bits per heavy atom. The van der Waals surface area contributed by atoms with Gasteiger partial charge in [-0.05, 0) is 101 Å². The lowest BCUT2D eigenvalue weighted by Crippen LogP contribution is -2.57. The Bertz CT molecular complexity index is 1400. The number of halogens is 1. The molecule has 0 unspecified atom stereocenters. The monoisotopic (exact) mass is 726 g/mol. The van der Waals surface area contributed by atoms with E-state index in [1.54, 1.807) is 0 Å². The van der Waals surface area contributed by atoms with Crippen molar-refractivity contribution in [1.29, 1.82) is 0 Å². The second-order valence-electron chi connectivity index (χ2n) is 13.5. The van der Waals surface area contributed by atoms with Crippen LogP contribution in [0.5, 0.6) is 0 Å². The molecule has 1 aromatic rings. The topological polar surface area (TPSA) is 57.2 Å². The third kappa shape index (κ3) is 8.68. The minimum absolute atomic E-state index is 0.146. The van der Waals surface area contributed by atoms with Crippen molar-refractivity contribution in [2.75, 3.05) is 6.61 Å². The number of aliphatic hydroxyl groups is 1. The van der Waals surface area contributed by atoms with Gasteiger partial charge in [0.2, 0.25) is 0 Å². The lowest BCUT2D eigenvalue weighted by atomic mass is 9.91. The van der Waals surface area contributed by atoms with Gasteiger partial charge in [-0.15, -0.1) is 0 Å². The molecule has 1 N–H and O–H groups in total. The van der Waals surface area contributed by atoms with Crippen molar-refractivity contribution in [2.45, 2.75) is 148 Å². The molecule has 2 aliphatic rings. The highest BCUT2D eigenvalue weighted by Crippen LogP contribution is 2.40. The Balaban J connectivity index is 2.14. The molecule has 5 atom stereocenters. The maximum absolute atomic E-state index is 12.7. The lowest BCUT2D eigenvalue weighted by molar-refractivity contribution is -0.123. The fourth-order valence-electron chi connectivity index (χ4n) is 6.96. The highest BCUT2D eigenvalue weighted by Gasteiger charge is 2.52. The standard InChI is InChI=1S/C38H55BrO5Si2/c1-12-45(13-2,27(5)6)43-33-19-17-16-18-20-34(44-46(14-3,15-4)28(7)8)38(40,22-21-32(39)25-33)35-26-41-37(42-35)36-30(10)23-29(9)24-31(36)11/h23-25,27-28,33-35,37,40H,12-15,19,26H2,1-11H3/b32-25-/t33-,34+,35-,37+,38+/m0/s1. The number of allylic oxidation sites excluding steroid dienone is 1. The zero-order valence-corrected chi connectivity index (χ0v) is 33.5. The van der Waals surface area contributed by atoms with Crippen LogP contribution in [0.15, 0.2) is 22.7 Å². The first-order valence-electron chi connectivity index (χ1n) is 17.0. The maximum Gasteiger partial charge on any atom is 0.196 e. The number of ether oxygens (including phenoxy) is 2. The van der Waals surface area contributed by atoms with Crippen molar-refractivity contribution in [1.82, 2.24) is 0 Å². The molecule has 1 saturated heterocycles. The van der Waals surface area contributed by atoms with E-state index in [4.69, 9.17) is 18.3 Å². The van der Waals surface area contributed by atoms with E-state index in [-0.39, 0.29) is 12.7 Å². The Morgan fingerprint density at radius 2 is 1.50 bits per heavy atom. The smallest absolute Gasteiger partial charge is 0.196 e. The molecule has 0 radical (unpaired) electrons. The molecular weight excluding hydrogens is 672 g/mol. The first-order valence-corrected chi connectivity index (χ1v) is 22.6. The molecule has 3 rings (SSSR count). The predicted molar refractivity (Wildman–Crippen MR) is 197 cm³/mol. The number of aryl methyl sites for hydroxylation is 3. The summed E-state index contributed by atoms with van der Waals surface area (Å²) in [6, 6.07) is 8.08. The SMILES string of the molecule is CC[Si](CC)(O[C@@H]1/C=C(\Br)C#C[C@](O)([C@@H]2CO[C@@H](c3c(C)cc(C)cc3C)O2)[C@H](O[Si](CC)(CC)C(C)C)C#CC#CC1)C(C)C. The highest BCUT2D eigenvalue weighted by atomic mass is 79.9. The van der Waals surface area contributed by atoms with Gasteiger partial charge < -0.3 is 23.4 Å². The fourth-order valence-corrected chi connectivity index (χ4v) is 14.3. The largest absolute Gasteiger partial charge is 0.409 e. The predicted octanol–water partition coefficient (Wildman–Crippen LogP) is 9.01. The molecular formula is C38H55BrO5Si2. The minimum Gasteiger partial charge on any atom is -0.409 e. The van der Waals surface area contributed by atoms with E-state index in [1.807, 2.05) is 6.08 Å². The average Bonchev–Trinajstić information content (AvgIpc) is 3.49. The normalized spacial score (nSPS) is 26.5. The Morgan fingerprint density at radius 1 is 0.935 bits per heavy atom. The summed E-state index contributed by atoms with van der Waals surface area (Å²) < 4.78 is 27.4. The van der Waals surface area contributed by atoms with Gasteiger partial charge in [0.25, 0.3) is 0 Å². The molecule has 1 aliphatic heterocycles. The molecule has 8 heteroatoms. The molecule has 1 aliphatic carbocycles. The number of rotatable bonds is 12. The van der Waals surface area contributed by atoms with Crippen LogP contribution in [0.2, 0.25) is 35.3 Å². The Labute approximate surface area is 290 Å².